The van der Waals surface area contributed by atoms with Gasteiger partial charge in [0.05, 0.1) is 6.26 Å². The summed E-state index contributed by atoms with van der Waals surface area (Å²) in [6, 6.07) is 13.7. The van der Waals surface area contributed by atoms with Crippen LogP contribution in [0.4, 0.5) is 5.69 Å². The van der Waals surface area contributed by atoms with Crippen molar-refractivity contribution in [1.82, 2.24) is 19.7 Å². The largest absolute Gasteiger partial charge is 0.459 e. The Balaban J connectivity index is 1.48. The minimum Gasteiger partial charge on any atom is -0.459 e. The number of nitrogens with zero attached hydrogens (tertiary/aromatic N) is 4. The molecule has 0 atom stereocenters. The number of nitrogens with one attached hydrogen (secondary N) is 1. The molecule has 1 N–H and O–H groups in total. The fourth-order valence-corrected chi connectivity index (χ4v) is 2.43. The molecule has 8 nitrogen and oxygen atoms in total. The zero-order chi connectivity index (χ0) is 18.6. The number of amides is 1. The number of rotatable bonds is 5. The maximum atomic E-state index is 12.0. The number of hydrogen-bond donors (Lipinski definition) is 1. The molecule has 0 aliphatic rings. The van der Waals surface area contributed by atoms with Crippen LogP contribution in [0.1, 0.15) is 16.4 Å². The molecular weight excluding hydrogens is 346 g/mol. The second-order valence-electron chi connectivity index (χ2n) is 5.62. The molecule has 0 aliphatic carbocycles. The van der Waals surface area contributed by atoms with Crippen molar-refractivity contribution >= 4 is 11.6 Å². The minimum absolute atomic E-state index is 0.248. The van der Waals surface area contributed by atoms with Gasteiger partial charge in [0.15, 0.2) is 11.6 Å². The zero-order valence-corrected chi connectivity index (χ0v) is 14.4. The van der Waals surface area contributed by atoms with Gasteiger partial charge in [-0.3, -0.25) is 4.79 Å². The lowest BCUT2D eigenvalue weighted by atomic mass is 10.3. The third kappa shape index (κ3) is 3.84. The summed E-state index contributed by atoms with van der Waals surface area (Å²) in [6.07, 6.45) is 4.92. The standard InChI is InChI=1S/C19H15N5O3/c1-13-21-17(24-10-3-9-20-24)12-18(22-13)27-15-7-5-14(6-8-15)23-19(25)16-4-2-11-26-16/h2-12H,1H3,(H,23,25). The highest BCUT2D eigenvalue weighted by Crippen LogP contribution is 2.23. The first-order valence-electron chi connectivity index (χ1n) is 8.16. The molecule has 3 heterocycles. The number of carbonyl (C=O) groups is 1. The summed E-state index contributed by atoms with van der Waals surface area (Å²) in [5.74, 6) is 2.10. The van der Waals surface area contributed by atoms with Crippen molar-refractivity contribution in [2.75, 3.05) is 5.32 Å². The number of aryl methyl sites for hydroxylation is 1. The third-order valence-electron chi connectivity index (χ3n) is 3.62. The molecule has 4 aromatic rings. The highest BCUT2D eigenvalue weighted by molar-refractivity contribution is 6.02. The first-order chi connectivity index (χ1) is 13.2. The SMILES string of the molecule is Cc1nc(Oc2ccc(NC(=O)c3ccco3)cc2)cc(-n2cccn2)n1. The second-order valence-corrected chi connectivity index (χ2v) is 5.62. The van der Waals surface area contributed by atoms with Crippen LogP contribution < -0.4 is 10.1 Å². The maximum Gasteiger partial charge on any atom is 0.291 e. The molecule has 4 rings (SSSR count). The molecule has 0 spiro atoms. The van der Waals surface area contributed by atoms with Crippen LogP contribution in [0.5, 0.6) is 11.6 Å². The van der Waals surface area contributed by atoms with E-state index in [0.717, 1.165) is 0 Å². The summed E-state index contributed by atoms with van der Waals surface area (Å²) in [5.41, 5.74) is 0.625. The smallest absolute Gasteiger partial charge is 0.291 e. The quantitative estimate of drug-likeness (QED) is 0.583. The van der Waals surface area contributed by atoms with Crippen LogP contribution in [-0.4, -0.2) is 25.7 Å². The molecule has 134 valence electrons. The Labute approximate surface area is 154 Å². The third-order valence-corrected chi connectivity index (χ3v) is 3.62. The Bertz CT molecular complexity index is 1040. The zero-order valence-electron chi connectivity index (χ0n) is 14.4. The van der Waals surface area contributed by atoms with Crippen molar-refractivity contribution in [1.29, 1.82) is 0 Å². The van der Waals surface area contributed by atoms with Gasteiger partial charge in [0.1, 0.15) is 11.6 Å². The van der Waals surface area contributed by atoms with Crippen molar-refractivity contribution < 1.29 is 13.9 Å². The Morgan fingerprint density at radius 2 is 2.00 bits per heavy atom. The van der Waals surface area contributed by atoms with E-state index in [1.165, 1.54) is 6.26 Å². The molecule has 3 aromatic heterocycles. The molecule has 1 amide bonds. The molecule has 1 aromatic carbocycles. The summed E-state index contributed by atoms with van der Waals surface area (Å²) in [7, 11) is 0. The van der Waals surface area contributed by atoms with Gasteiger partial charge in [-0.2, -0.15) is 10.1 Å². The first-order valence-corrected chi connectivity index (χ1v) is 8.16. The van der Waals surface area contributed by atoms with E-state index in [-0.39, 0.29) is 11.7 Å². The molecule has 8 heteroatoms. The van der Waals surface area contributed by atoms with E-state index in [4.69, 9.17) is 9.15 Å². The molecular formula is C19H15N5O3. The summed E-state index contributed by atoms with van der Waals surface area (Å²) >= 11 is 0. The second kappa shape index (κ2) is 7.12. The van der Waals surface area contributed by atoms with Gasteiger partial charge in [-0.25, -0.2) is 9.67 Å². The topological polar surface area (TPSA) is 95.1 Å². The van der Waals surface area contributed by atoms with Crippen LogP contribution in [0.25, 0.3) is 5.82 Å². The van der Waals surface area contributed by atoms with E-state index in [9.17, 15) is 4.79 Å². The van der Waals surface area contributed by atoms with Gasteiger partial charge in [0, 0.05) is 24.1 Å². The van der Waals surface area contributed by atoms with Gasteiger partial charge in [0.25, 0.3) is 5.91 Å². The summed E-state index contributed by atoms with van der Waals surface area (Å²) in [5, 5.41) is 6.91. The van der Waals surface area contributed by atoms with Crippen molar-refractivity contribution in [3.8, 4) is 17.4 Å². The molecule has 0 saturated carbocycles. The van der Waals surface area contributed by atoms with Crippen LogP contribution in [0, 0.1) is 6.92 Å². The fourth-order valence-electron chi connectivity index (χ4n) is 2.43. The van der Waals surface area contributed by atoms with E-state index in [2.05, 4.69) is 20.4 Å². The van der Waals surface area contributed by atoms with Crippen molar-refractivity contribution in [2.45, 2.75) is 6.92 Å². The predicted octanol–water partition coefficient (Wildman–Crippen LogP) is 3.61. The molecule has 0 unspecified atom stereocenters. The fraction of sp³-hybridized carbons (Fsp3) is 0.0526. The molecule has 0 aliphatic heterocycles. The number of ether oxygens (including phenoxy) is 1. The Morgan fingerprint density at radius 1 is 1.15 bits per heavy atom. The number of carbonyl (C=O) groups excluding carboxylic acids is 1. The Kier molecular flexibility index (Phi) is 4.36. The van der Waals surface area contributed by atoms with Crippen LogP contribution in [0.15, 0.2) is 71.6 Å². The number of benzene rings is 1. The van der Waals surface area contributed by atoms with E-state index >= 15 is 0 Å². The minimum atomic E-state index is -0.316. The van der Waals surface area contributed by atoms with Gasteiger partial charge in [-0.1, -0.05) is 0 Å². The highest BCUT2D eigenvalue weighted by Gasteiger charge is 2.09. The summed E-state index contributed by atoms with van der Waals surface area (Å²) < 4.78 is 12.5. The van der Waals surface area contributed by atoms with Crippen LogP contribution in [0.2, 0.25) is 0 Å². The molecule has 0 fully saturated rings. The lowest BCUT2D eigenvalue weighted by Gasteiger charge is -2.09. The molecule has 0 radical (unpaired) electrons. The van der Waals surface area contributed by atoms with Gasteiger partial charge < -0.3 is 14.5 Å². The number of aromatic nitrogens is 4. The first kappa shape index (κ1) is 16.5. The van der Waals surface area contributed by atoms with Crippen LogP contribution in [-0.2, 0) is 0 Å². The monoisotopic (exact) mass is 361 g/mol. The average molecular weight is 361 g/mol. The number of hydrogen-bond acceptors (Lipinski definition) is 6. The van der Waals surface area contributed by atoms with Gasteiger partial charge in [-0.15, -0.1) is 0 Å². The van der Waals surface area contributed by atoms with E-state index < -0.39 is 0 Å². The van der Waals surface area contributed by atoms with Gasteiger partial charge in [0.2, 0.25) is 5.88 Å². The lowest BCUT2D eigenvalue weighted by Crippen LogP contribution is -2.10. The maximum absolute atomic E-state index is 12.0. The Hall–Kier alpha value is -3.94. The van der Waals surface area contributed by atoms with E-state index in [0.29, 0.717) is 29.0 Å². The van der Waals surface area contributed by atoms with Crippen LogP contribution in [0.3, 0.4) is 0 Å². The number of furan rings is 1. The van der Waals surface area contributed by atoms with E-state index in [1.54, 1.807) is 66.5 Å². The van der Waals surface area contributed by atoms with Gasteiger partial charge in [-0.05, 0) is 49.4 Å². The normalized spacial score (nSPS) is 10.6. The molecule has 0 bridgehead atoms. The summed E-state index contributed by atoms with van der Waals surface area (Å²) in [6.45, 7) is 1.78. The van der Waals surface area contributed by atoms with Crippen molar-refractivity contribution in [3.63, 3.8) is 0 Å². The van der Waals surface area contributed by atoms with Gasteiger partial charge >= 0.3 is 0 Å². The molecule has 27 heavy (non-hydrogen) atoms. The van der Waals surface area contributed by atoms with Crippen LogP contribution >= 0.6 is 0 Å². The van der Waals surface area contributed by atoms with E-state index in [1.807, 2.05) is 6.07 Å². The highest BCUT2D eigenvalue weighted by atomic mass is 16.5. The average Bonchev–Trinajstić information content (AvgIpc) is 3.37. The molecule has 0 saturated heterocycles. The number of anilines is 1. The predicted molar refractivity (Wildman–Crippen MR) is 97.1 cm³/mol. The van der Waals surface area contributed by atoms with Crippen molar-refractivity contribution in [3.05, 3.63) is 78.8 Å². The Morgan fingerprint density at radius 3 is 2.70 bits per heavy atom. The summed E-state index contributed by atoms with van der Waals surface area (Å²) in [4.78, 5) is 20.6. The lowest BCUT2D eigenvalue weighted by molar-refractivity contribution is 0.0996. The van der Waals surface area contributed by atoms with Crippen molar-refractivity contribution in [2.24, 2.45) is 0 Å².